The molecule has 0 unspecified atom stereocenters. The molecule has 250 valence electrons. The number of aromatic hydroxyl groups is 1. The van der Waals surface area contributed by atoms with E-state index in [1.807, 2.05) is 10.3 Å². The summed E-state index contributed by atoms with van der Waals surface area (Å²) in [5.74, 6) is 0.381. The van der Waals surface area contributed by atoms with E-state index >= 15 is 0 Å². The number of H-pyrrole nitrogens is 1. The minimum atomic E-state index is -0.812. The van der Waals surface area contributed by atoms with E-state index in [1.165, 1.54) is 18.6 Å². The Bertz CT molecular complexity index is 1780. The molecule has 2 aliphatic rings. The van der Waals surface area contributed by atoms with Gasteiger partial charge in [0.15, 0.2) is 0 Å². The quantitative estimate of drug-likeness (QED) is 0.155. The maximum absolute atomic E-state index is 13.3. The number of aromatic nitrogens is 2. The molecule has 1 atom stereocenters. The molecule has 1 spiro atoms. The van der Waals surface area contributed by atoms with Crippen LogP contribution in [0.1, 0.15) is 83.7 Å². The minimum Gasteiger partial charge on any atom is -0.506 e. The van der Waals surface area contributed by atoms with Gasteiger partial charge in [-0.15, -0.1) is 11.3 Å². The predicted octanol–water partition coefficient (Wildman–Crippen LogP) is 5.85. The van der Waals surface area contributed by atoms with Crippen LogP contribution in [0.5, 0.6) is 5.75 Å². The van der Waals surface area contributed by atoms with Crippen molar-refractivity contribution in [1.29, 1.82) is 0 Å². The fraction of sp³-hybridized carbons (Fsp3) is 0.472. The predicted molar refractivity (Wildman–Crippen MR) is 188 cm³/mol. The van der Waals surface area contributed by atoms with Crippen LogP contribution in [0.2, 0.25) is 5.02 Å². The number of hydrogen-bond donors (Lipinski definition) is 4. The van der Waals surface area contributed by atoms with Gasteiger partial charge in [0.05, 0.1) is 16.6 Å². The van der Waals surface area contributed by atoms with Crippen molar-refractivity contribution in [3.63, 3.8) is 0 Å². The van der Waals surface area contributed by atoms with E-state index in [0.717, 1.165) is 73.1 Å². The number of halogens is 1. The molecule has 6 rings (SSSR count). The Morgan fingerprint density at radius 2 is 1.89 bits per heavy atom. The Morgan fingerprint density at radius 3 is 2.66 bits per heavy atom. The zero-order valence-electron chi connectivity index (χ0n) is 27.1. The highest BCUT2D eigenvalue weighted by molar-refractivity contribution is 7.09. The highest BCUT2D eigenvalue weighted by Gasteiger charge is 2.40. The summed E-state index contributed by atoms with van der Waals surface area (Å²) in [4.78, 5) is 36.8. The van der Waals surface area contributed by atoms with Gasteiger partial charge >= 0.3 is 0 Å². The Balaban J connectivity index is 0.995. The van der Waals surface area contributed by atoms with E-state index in [-0.39, 0.29) is 22.6 Å². The summed E-state index contributed by atoms with van der Waals surface area (Å²) < 4.78 is 0. The second kappa shape index (κ2) is 14.5. The molecule has 4 heterocycles. The monoisotopic (exact) mass is 677 g/mol. The molecular formula is C36H44ClN5O4S. The molecule has 0 radical (unpaired) electrons. The van der Waals surface area contributed by atoms with Crippen molar-refractivity contribution in [2.24, 2.45) is 5.41 Å². The van der Waals surface area contributed by atoms with Gasteiger partial charge < -0.3 is 25.4 Å². The average Bonchev–Trinajstić information content (AvgIpc) is 3.57. The van der Waals surface area contributed by atoms with Gasteiger partial charge in [-0.05, 0) is 86.0 Å². The zero-order valence-corrected chi connectivity index (χ0v) is 28.7. The lowest BCUT2D eigenvalue weighted by molar-refractivity contribution is 0.0195. The van der Waals surface area contributed by atoms with Crippen molar-refractivity contribution in [2.75, 3.05) is 39.3 Å². The van der Waals surface area contributed by atoms with Crippen LogP contribution in [0, 0.1) is 5.41 Å². The van der Waals surface area contributed by atoms with E-state index in [2.05, 4.69) is 52.2 Å². The molecule has 11 heteroatoms. The van der Waals surface area contributed by atoms with Crippen molar-refractivity contribution >= 4 is 39.7 Å². The topological polar surface area (TPSA) is 122 Å². The van der Waals surface area contributed by atoms with Crippen LogP contribution in [0.25, 0.3) is 10.9 Å². The first-order valence-corrected chi connectivity index (χ1v) is 17.9. The molecule has 9 nitrogen and oxygen atoms in total. The zero-order chi connectivity index (χ0) is 33.1. The molecule has 4 aromatic rings. The molecular weight excluding hydrogens is 634 g/mol. The third-order valence-corrected chi connectivity index (χ3v) is 11.5. The molecule has 2 aromatic heterocycles. The van der Waals surface area contributed by atoms with Crippen molar-refractivity contribution < 1.29 is 15.0 Å². The van der Waals surface area contributed by atoms with E-state index in [4.69, 9.17) is 11.6 Å². The number of carbonyl (C=O) groups is 1. The van der Waals surface area contributed by atoms with Crippen LogP contribution >= 0.6 is 22.9 Å². The number of benzene rings is 2. The third-order valence-electron chi connectivity index (χ3n) is 9.83. The van der Waals surface area contributed by atoms with Gasteiger partial charge in [-0.1, -0.05) is 49.7 Å². The number of piperidine rings is 2. The van der Waals surface area contributed by atoms with E-state index < -0.39 is 6.10 Å². The number of aliphatic hydroxyl groups excluding tert-OH is 1. The fourth-order valence-electron chi connectivity index (χ4n) is 7.10. The number of carbonyl (C=O) groups excluding carboxylic acids is 1. The lowest BCUT2D eigenvalue weighted by atomic mass is 9.72. The normalized spacial score (nSPS) is 17.5. The van der Waals surface area contributed by atoms with Gasteiger partial charge in [0.2, 0.25) is 5.56 Å². The fourth-order valence-corrected chi connectivity index (χ4v) is 8.19. The SMILES string of the molecule is CC(C)c1nc(C(=O)N2CCCC3(CCN(Cc4cccc(CCNC[C@H](O)c5ccc(O)c6[nH]c(=O)ccc56)c4Cl)CC3)C2)cs1. The first-order chi connectivity index (χ1) is 22.6. The highest BCUT2D eigenvalue weighted by Crippen LogP contribution is 2.41. The molecule has 47 heavy (non-hydrogen) atoms. The summed E-state index contributed by atoms with van der Waals surface area (Å²) in [5, 5.41) is 28.7. The van der Waals surface area contributed by atoms with Crippen molar-refractivity contribution in [3.8, 4) is 5.75 Å². The lowest BCUT2D eigenvalue weighted by Crippen LogP contribution is -2.51. The number of nitrogens with one attached hydrogen (secondary N) is 2. The first-order valence-electron chi connectivity index (χ1n) is 16.6. The molecule has 0 aliphatic carbocycles. The second-order valence-corrected chi connectivity index (χ2v) is 14.7. The van der Waals surface area contributed by atoms with Crippen molar-refractivity contribution in [2.45, 2.75) is 64.5 Å². The Hall–Kier alpha value is -3.28. The summed E-state index contributed by atoms with van der Waals surface area (Å²) in [5.41, 5.74) is 3.61. The average molecular weight is 678 g/mol. The number of amides is 1. The van der Waals surface area contributed by atoms with Crippen molar-refractivity contribution in [3.05, 3.63) is 90.6 Å². The molecule has 1 amide bonds. The Kier molecular flexibility index (Phi) is 10.3. The van der Waals surface area contributed by atoms with Crippen molar-refractivity contribution in [1.82, 2.24) is 25.1 Å². The first kappa shape index (κ1) is 33.6. The van der Waals surface area contributed by atoms with Gasteiger partial charge in [0.25, 0.3) is 5.91 Å². The van der Waals surface area contributed by atoms with Crippen LogP contribution in [-0.4, -0.2) is 75.2 Å². The molecule has 2 aromatic carbocycles. The molecule has 0 saturated carbocycles. The molecule has 0 bridgehead atoms. The Morgan fingerprint density at radius 1 is 1.11 bits per heavy atom. The molecule has 2 saturated heterocycles. The van der Waals surface area contributed by atoms with E-state index in [9.17, 15) is 19.8 Å². The molecule has 2 fully saturated rings. The third kappa shape index (κ3) is 7.57. The largest absolute Gasteiger partial charge is 0.506 e. The smallest absolute Gasteiger partial charge is 0.273 e. The Labute approximate surface area is 284 Å². The number of pyridine rings is 1. The number of thiazole rings is 1. The standard InChI is InChI=1S/C36H44ClN5O4S/c1-23(2)34-39-28(21-47-34)35(46)42-16-4-12-36(22-42)13-17-41(18-14-36)20-25-6-3-5-24(32(25)37)11-15-38-19-30(44)26-7-9-29(43)33-27(26)8-10-31(45)40-33/h3,5-10,21,23,30,38,43-44H,4,11-20,22H2,1-2H3,(H,40,45)/t30-/m0/s1. The number of fused-ring (bicyclic) bond motifs is 1. The molecule has 4 N–H and O–H groups in total. The highest BCUT2D eigenvalue weighted by atomic mass is 35.5. The maximum Gasteiger partial charge on any atom is 0.273 e. The summed E-state index contributed by atoms with van der Waals surface area (Å²) in [6.45, 7) is 9.56. The maximum atomic E-state index is 13.3. The lowest BCUT2D eigenvalue weighted by Gasteiger charge is -2.47. The van der Waals surface area contributed by atoms with Gasteiger partial charge in [-0.3, -0.25) is 14.5 Å². The number of aliphatic hydroxyl groups is 1. The van der Waals surface area contributed by atoms with Crippen LogP contribution in [0.15, 0.2) is 52.6 Å². The van der Waals surface area contributed by atoms with Crippen LogP contribution in [0.4, 0.5) is 0 Å². The summed E-state index contributed by atoms with van der Waals surface area (Å²) in [7, 11) is 0. The van der Waals surface area contributed by atoms with Crippen LogP contribution in [0.3, 0.4) is 0 Å². The van der Waals surface area contributed by atoms with Gasteiger partial charge in [0, 0.05) is 54.0 Å². The van der Waals surface area contributed by atoms with Crippen LogP contribution in [-0.2, 0) is 13.0 Å². The second-order valence-electron chi connectivity index (χ2n) is 13.5. The van der Waals surface area contributed by atoms with Crippen LogP contribution < -0.4 is 10.9 Å². The number of rotatable bonds is 10. The number of phenols is 1. The number of aromatic amines is 1. The summed E-state index contributed by atoms with van der Waals surface area (Å²) in [6, 6.07) is 12.4. The minimum absolute atomic E-state index is 0.0277. The number of phenolic OH excluding ortho intramolecular Hbond substituents is 1. The number of nitrogens with zero attached hydrogens (tertiary/aromatic N) is 3. The van der Waals surface area contributed by atoms with E-state index in [0.29, 0.717) is 47.6 Å². The van der Waals surface area contributed by atoms with Gasteiger partial charge in [0.1, 0.15) is 11.4 Å². The number of hydrogen-bond acceptors (Lipinski definition) is 8. The number of likely N-dealkylation sites (tertiary alicyclic amines) is 2. The van der Waals surface area contributed by atoms with E-state index in [1.54, 1.807) is 23.5 Å². The van der Waals surface area contributed by atoms with Gasteiger partial charge in [-0.2, -0.15) is 0 Å². The summed E-state index contributed by atoms with van der Waals surface area (Å²) in [6.07, 6.45) is 4.25. The molecule has 2 aliphatic heterocycles. The summed E-state index contributed by atoms with van der Waals surface area (Å²) >= 11 is 8.51. The van der Waals surface area contributed by atoms with Gasteiger partial charge in [-0.25, -0.2) is 4.98 Å².